The topological polar surface area (TPSA) is 88.5 Å². The molecule has 0 spiro atoms. The molecule has 140 valence electrons. The van der Waals surface area contributed by atoms with Gasteiger partial charge in [-0.05, 0) is 26.7 Å². The van der Waals surface area contributed by atoms with E-state index in [0.717, 1.165) is 49.4 Å². The number of aromatic nitrogens is 3. The summed E-state index contributed by atoms with van der Waals surface area (Å²) in [5, 5.41) is 12.2. The van der Waals surface area contributed by atoms with Crippen molar-refractivity contribution in [2.24, 2.45) is 5.92 Å². The van der Waals surface area contributed by atoms with Crippen molar-refractivity contribution < 1.29 is 13.7 Å². The Bertz CT molecular complexity index is 779. The number of amides is 1. The number of nitrogens with zero attached hydrogens (tertiary/aromatic N) is 5. The van der Waals surface area contributed by atoms with Crippen molar-refractivity contribution in [3.8, 4) is 0 Å². The van der Waals surface area contributed by atoms with Crippen LogP contribution >= 0.6 is 0 Å². The Balaban J connectivity index is 1.50. The molecule has 0 saturated carbocycles. The van der Waals surface area contributed by atoms with Gasteiger partial charge >= 0.3 is 0 Å². The maximum Gasteiger partial charge on any atom is 0.230 e. The van der Waals surface area contributed by atoms with E-state index in [9.17, 15) is 4.79 Å². The molecule has 5 rings (SSSR count). The van der Waals surface area contributed by atoms with E-state index < -0.39 is 0 Å². The van der Waals surface area contributed by atoms with E-state index in [-0.39, 0.29) is 17.9 Å². The van der Waals surface area contributed by atoms with Crippen molar-refractivity contribution in [1.82, 2.24) is 25.2 Å². The lowest BCUT2D eigenvalue weighted by Crippen LogP contribution is -2.47. The van der Waals surface area contributed by atoms with Crippen molar-refractivity contribution in [2.75, 3.05) is 13.1 Å². The smallest absolute Gasteiger partial charge is 0.230 e. The summed E-state index contributed by atoms with van der Waals surface area (Å²) < 4.78 is 10.9. The van der Waals surface area contributed by atoms with Gasteiger partial charge in [-0.1, -0.05) is 12.1 Å². The van der Waals surface area contributed by atoms with Crippen LogP contribution in [-0.2, 0) is 24.3 Å². The number of hydrogen-bond donors (Lipinski definition) is 0. The van der Waals surface area contributed by atoms with Crippen LogP contribution in [0.1, 0.15) is 48.6 Å². The SMILES string of the molecule is CCc1nnc(CN2C[C@H]3CC[C@@H](C2)N(Cc2c(C)noc2C)C3=O)o1. The van der Waals surface area contributed by atoms with Crippen LogP contribution < -0.4 is 0 Å². The molecule has 3 saturated heterocycles. The van der Waals surface area contributed by atoms with Gasteiger partial charge < -0.3 is 13.8 Å². The summed E-state index contributed by atoms with van der Waals surface area (Å²) in [4.78, 5) is 17.3. The molecule has 5 heterocycles. The van der Waals surface area contributed by atoms with E-state index in [2.05, 4.69) is 20.3 Å². The molecule has 0 aromatic carbocycles. The van der Waals surface area contributed by atoms with Crippen LogP contribution in [0.2, 0.25) is 0 Å². The Labute approximate surface area is 152 Å². The summed E-state index contributed by atoms with van der Waals surface area (Å²) in [7, 11) is 0. The van der Waals surface area contributed by atoms with Gasteiger partial charge in [-0.3, -0.25) is 9.69 Å². The van der Waals surface area contributed by atoms with Crippen molar-refractivity contribution >= 4 is 5.91 Å². The average molecular weight is 359 g/mol. The first-order valence-corrected chi connectivity index (χ1v) is 9.31. The lowest BCUT2D eigenvalue weighted by atomic mass is 9.93. The zero-order valence-electron chi connectivity index (χ0n) is 15.6. The number of carbonyl (C=O) groups excluding carboxylic acids is 1. The van der Waals surface area contributed by atoms with Crippen LogP contribution in [0.3, 0.4) is 0 Å². The lowest BCUT2D eigenvalue weighted by molar-refractivity contribution is -0.140. The number of carbonyl (C=O) groups is 1. The molecule has 2 atom stereocenters. The molecule has 2 aromatic rings. The second-order valence-corrected chi connectivity index (χ2v) is 7.33. The standard InChI is InChI=1S/C18H25N5O3/c1-4-16-19-20-17(25-16)10-22-7-13-5-6-14(8-22)23(18(13)24)9-15-11(2)21-26-12(15)3/h13-14H,4-10H2,1-3H3/t13-,14+/m1/s1. The highest BCUT2D eigenvalue weighted by atomic mass is 16.5. The van der Waals surface area contributed by atoms with Gasteiger partial charge in [0.2, 0.25) is 17.7 Å². The van der Waals surface area contributed by atoms with Crippen LogP contribution in [0.15, 0.2) is 8.94 Å². The minimum absolute atomic E-state index is 0.0304. The maximum atomic E-state index is 13.0. The molecule has 0 radical (unpaired) electrons. The van der Waals surface area contributed by atoms with Gasteiger partial charge in [0.15, 0.2) is 0 Å². The van der Waals surface area contributed by atoms with Crippen molar-refractivity contribution in [2.45, 2.75) is 59.2 Å². The zero-order chi connectivity index (χ0) is 18.3. The third kappa shape index (κ3) is 3.13. The highest BCUT2D eigenvalue weighted by molar-refractivity contribution is 5.80. The van der Waals surface area contributed by atoms with Crippen molar-refractivity contribution in [3.63, 3.8) is 0 Å². The summed E-state index contributed by atoms with van der Waals surface area (Å²) >= 11 is 0. The fraction of sp³-hybridized carbons (Fsp3) is 0.667. The Hall–Kier alpha value is -2.22. The Kier molecular flexibility index (Phi) is 4.52. The van der Waals surface area contributed by atoms with E-state index in [1.54, 1.807) is 0 Å². The number of hydrogen-bond acceptors (Lipinski definition) is 7. The van der Waals surface area contributed by atoms with E-state index >= 15 is 0 Å². The fourth-order valence-electron chi connectivity index (χ4n) is 4.05. The first-order chi connectivity index (χ1) is 12.5. The van der Waals surface area contributed by atoms with Crippen LogP contribution in [0.4, 0.5) is 0 Å². The summed E-state index contributed by atoms with van der Waals surface area (Å²) in [6, 6.07) is 0.198. The number of fused-ring (bicyclic) bond motifs is 4. The number of aryl methyl sites for hydroxylation is 3. The second kappa shape index (κ2) is 6.83. The minimum Gasteiger partial charge on any atom is -0.424 e. The molecular formula is C18H25N5O3. The third-order valence-electron chi connectivity index (χ3n) is 5.55. The molecule has 0 N–H and O–H groups in total. The molecule has 3 aliphatic rings. The van der Waals surface area contributed by atoms with Gasteiger partial charge in [-0.15, -0.1) is 10.2 Å². The number of rotatable bonds is 5. The van der Waals surface area contributed by atoms with Gasteiger partial charge in [0.1, 0.15) is 5.76 Å². The zero-order valence-corrected chi connectivity index (χ0v) is 15.6. The average Bonchev–Trinajstić information content (AvgIpc) is 3.10. The quantitative estimate of drug-likeness (QED) is 0.805. The molecule has 3 aliphatic heterocycles. The molecule has 0 unspecified atom stereocenters. The van der Waals surface area contributed by atoms with E-state index in [4.69, 9.17) is 8.94 Å². The van der Waals surface area contributed by atoms with E-state index in [0.29, 0.717) is 24.9 Å². The summed E-state index contributed by atoms with van der Waals surface area (Å²) in [6.07, 6.45) is 2.71. The molecule has 2 aromatic heterocycles. The van der Waals surface area contributed by atoms with Gasteiger partial charge in [-0.2, -0.15) is 0 Å². The molecule has 3 fully saturated rings. The van der Waals surface area contributed by atoms with Crippen molar-refractivity contribution in [3.05, 3.63) is 28.8 Å². The Morgan fingerprint density at radius 1 is 1.12 bits per heavy atom. The Morgan fingerprint density at radius 2 is 1.92 bits per heavy atom. The van der Waals surface area contributed by atoms with Gasteiger partial charge in [0.25, 0.3) is 0 Å². The highest BCUT2D eigenvalue weighted by Gasteiger charge is 2.41. The molecule has 8 nitrogen and oxygen atoms in total. The van der Waals surface area contributed by atoms with Gasteiger partial charge in [0, 0.05) is 31.1 Å². The first kappa shape index (κ1) is 17.2. The van der Waals surface area contributed by atoms with Gasteiger partial charge in [-0.25, -0.2) is 0 Å². The van der Waals surface area contributed by atoms with Crippen LogP contribution in [0.5, 0.6) is 0 Å². The highest BCUT2D eigenvalue weighted by Crippen LogP contribution is 2.31. The lowest BCUT2D eigenvalue weighted by Gasteiger charge is -2.36. The molecule has 2 bridgehead atoms. The molecular weight excluding hydrogens is 334 g/mol. The minimum atomic E-state index is 0.0304. The third-order valence-corrected chi connectivity index (χ3v) is 5.55. The normalized spacial score (nSPS) is 23.7. The van der Waals surface area contributed by atoms with E-state index in [1.165, 1.54) is 0 Å². The molecule has 8 heteroatoms. The van der Waals surface area contributed by atoms with Crippen LogP contribution in [-0.4, -0.2) is 50.2 Å². The van der Waals surface area contributed by atoms with E-state index in [1.807, 2.05) is 25.7 Å². The monoisotopic (exact) mass is 359 g/mol. The van der Waals surface area contributed by atoms with Crippen LogP contribution in [0, 0.1) is 19.8 Å². The maximum absolute atomic E-state index is 13.0. The second-order valence-electron chi connectivity index (χ2n) is 7.33. The number of piperidine rings is 1. The fourth-order valence-corrected chi connectivity index (χ4v) is 4.05. The summed E-state index contributed by atoms with van der Waals surface area (Å²) in [5.74, 6) is 2.36. The van der Waals surface area contributed by atoms with Crippen molar-refractivity contribution in [1.29, 1.82) is 0 Å². The summed E-state index contributed by atoms with van der Waals surface area (Å²) in [5.41, 5.74) is 1.90. The summed E-state index contributed by atoms with van der Waals surface area (Å²) in [6.45, 7) is 8.59. The first-order valence-electron chi connectivity index (χ1n) is 9.31. The molecule has 26 heavy (non-hydrogen) atoms. The Morgan fingerprint density at radius 3 is 2.62 bits per heavy atom. The molecule has 0 aliphatic carbocycles. The van der Waals surface area contributed by atoms with Crippen LogP contribution in [0.25, 0.3) is 0 Å². The predicted octanol–water partition coefficient (Wildman–Crippen LogP) is 1.86. The molecule has 1 amide bonds. The largest absolute Gasteiger partial charge is 0.424 e. The van der Waals surface area contributed by atoms with Gasteiger partial charge in [0.05, 0.1) is 24.7 Å². The predicted molar refractivity (Wildman–Crippen MR) is 92.0 cm³/mol.